The van der Waals surface area contributed by atoms with Gasteiger partial charge in [-0.3, -0.25) is 14.7 Å². The van der Waals surface area contributed by atoms with Crippen LogP contribution in [0.1, 0.15) is 60.9 Å². The first-order chi connectivity index (χ1) is 26.8. The fourth-order valence-corrected chi connectivity index (χ4v) is 7.72. The van der Waals surface area contributed by atoms with E-state index in [9.17, 15) is 20.0 Å². The first-order valence-electron chi connectivity index (χ1n) is 18.8. The van der Waals surface area contributed by atoms with Crippen molar-refractivity contribution in [3.63, 3.8) is 0 Å². The molecule has 1 amide bonds. The number of pyridine rings is 2. The van der Waals surface area contributed by atoms with E-state index in [1.54, 1.807) is 11.1 Å². The Morgan fingerprint density at radius 1 is 1.00 bits per heavy atom. The van der Waals surface area contributed by atoms with Gasteiger partial charge in [-0.1, -0.05) is 24.3 Å². The van der Waals surface area contributed by atoms with Crippen LogP contribution in [0.5, 0.6) is 0 Å². The van der Waals surface area contributed by atoms with E-state index in [2.05, 4.69) is 46.4 Å². The Labute approximate surface area is 324 Å². The molecule has 3 aromatic carbocycles. The van der Waals surface area contributed by atoms with Crippen molar-refractivity contribution in [2.75, 3.05) is 31.5 Å². The number of carboxylic acid groups (broad SMARTS) is 1. The van der Waals surface area contributed by atoms with E-state index in [1.807, 2.05) is 76.4 Å². The summed E-state index contributed by atoms with van der Waals surface area (Å²) in [5.41, 5.74) is 9.39. The van der Waals surface area contributed by atoms with Gasteiger partial charge < -0.3 is 24.5 Å². The fourth-order valence-electron chi connectivity index (χ4n) is 7.72. The van der Waals surface area contributed by atoms with Crippen molar-refractivity contribution in [1.82, 2.24) is 24.8 Å². The molecule has 0 spiro atoms. The quantitative estimate of drug-likeness (QED) is 0.154. The second-order valence-electron chi connectivity index (χ2n) is 15.8. The number of aliphatic carboxylic acids is 1. The summed E-state index contributed by atoms with van der Waals surface area (Å²) in [4.78, 5) is 42.1. The molecule has 1 unspecified atom stereocenters. The Morgan fingerprint density at radius 3 is 2.48 bits per heavy atom. The van der Waals surface area contributed by atoms with Crippen LogP contribution in [0.2, 0.25) is 0 Å². The summed E-state index contributed by atoms with van der Waals surface area (Å²) in [5, 5.41) is 24.0. The smallest absolute Gasteiger partial charge is 0.410 e. The number of aromatic nitrogens is 3. The summed E-state index contributed by atoms with van der Waals surface area (Å²) in [7, 11) is 0. The zero-order valence-electron chi connectivity index (χ0n) is 32.1. The average molecular weight is 750 g/mol. The number of ether oxygens (including phenoxy) is 1. The number of nitrogens with one attached hydrogen (secondary N) is 1. The Kier molecular flexibility index (Phi) is 9.42. The zero-order chi connectivity index (χ0) is 39.3. The summed E-state index contributed by atoms with van der Waals surface area (Å²) < 4.78 is 11.8. The second kappa shape index (κ2) is 14.4. The highest BCUT2D eigenvalue weighted by atomic mass is 16.6. The number of hydrogen-bond acceptors (Lipinski definition) is 10. The molecule has 12 nitrogen and oxygen atoms in total. The molecule has 0 saturated carbocycles. The molecule has 2 fully saturated rings. The maximum atomic E-state index is 12.5. The van der Waals surface area contributed by atoms with Gasteiger partial charge in [0.1, 0.15) is 22.7 Å². The van der Waals surface area contributed by atoms with Gasteiger partial charge in [-0.15, -0.1) is 0 Å². The minimum absolute atomic E-state index is 0.192. The van der Waals surface area contributed by atoms with Crippen molar-refractivity contribution in [2.45, 2.75) is 59.1 Å². The van der Waals surface area contributed by atoms with Crippen LogP contribution >= 0.6 is 0 Å². The van der Waals surface area contributed by atoms with Crippen molar-refractivity contribution >= 4 is 45.6 Å². The Balaban J connectivity index is 1.03. The van der Waals surface area contributed by atoms with Gasteiger partial charge in [-0.2, -0.15) is 5.26 Å². The predicted molar refractivity (Wildman–Crippen MR) is 213 cm³/mol. The van der Waals surface area contributed by atoms with Crippen molar-refractivity contribution in [3.05, 3.63) is 101 Å². The van der Waals surface area contributed by atoms with Crippen LogP contribution in [0, 0.1) is 31.1 Å². The maximum Gasteiger partial charge on any atom is 0.410 e. The van der Waals surface area contributed by atoms with E-state index < -0.39 is 11.6 Å². The first-order valence-corrected chi connectivity index (χ1v) is 18.8. The molecule has 56 heavy (non-hydrogen) atoms. The van der Waals surface area contributed by atoms with Gasteiger partial charge in [-0.05, 0) is 117 Å². The molecule has 8 rings (SSSR count). The molecule has 5 heterocycles. The van der Waals surface area contributed by atoms with Crippen molar-refractivity contribution in [2.24, 2.45) is 5.92 Å². The number of nitrogens with zero attached hydrogens (tertiary/aromatic N) is 6. The summed E-state index contributed by atoms with van der Waals surface area (Å²) in [5.74, 6) is 0.124. The van der Waals surface area contributed by atoms with Gasteiger partial charge in [0.05, 0.1) is 11.5 Å². The minimum Gasteiger partial charge on any atom is -0.481 e. The highest BCUT2D eigenvalue weighted by Crippen LogP contribution is 2.38. The Morgan fingerprint density at radius 2 is 1.75 bits per heavy atom. The number of anilines is 2. The van der Waals surface area contributed by atoms with Crippen LogP contribution in [-0.4, -0.2) is 73.7 Å². The van der Waals surface area contributed by atoms with E-state index >= 15 is 0 Å². The van der Waals surface area contributed by atoms with E-state index in [4.69, 9.17) is 19.1 Å². The summed E-state index contributed by atoms with van der Waals surface area (Å²) >= 11 is 0. The van der Waals surface area contributed by atoms with Crippen LogP contribution in [0.3, 0.4) is 0 Å². The standard InChI is InChI=1S/C44H43N7O5/c1-25-33(8-6-10-35(25)41-49-37-17-27(16-30(19-45)39(37)55-41)21-50-15-13-29(22-50)42(52)53)34-9-7-11-36(26(34)2)48-40-38-28(12-14-46-40)18-31(20-47-38)32-23-51(24-32)43(54)56-44(3,4)5/h6-12,14,16-18,20,29,32H,13,15,21-24H2,1-5H3,(H,46,48)(H,52,53). The van der Waals surface area contributed by atoms with Crippen molar-refractivity contribution in [3.8, 4) is 28.7 Å². The van der Waals surface area contributed by atoms with Crippen LogP contribution in [0.4, 0.5) is 16.3 Å². The van der Waals surface area contributed by atoms with Crippen molar-refractivity contribution < 1.29 is 23.8 Å². The molecule has 0 bridgehead atoms. The summed E-state index contributed by atoms with van der Waals surface area (Å²) in [6.07, 6.45) is 3.98. The Bertz CT molecular complexity index is 2560. The lowest BCUT2D eigenvalue weighted by molar-refractivity contribution is -0.141. The topological polar surface area (TPSA) is 158 Å². The number of hydrogen-bond donors (Lipinski definition) is 2. The molecule has 2 aliphatic rings. The zero-order valence-corrected chi connectivity index (χ0v) is 32.1. The minimum atomic E-state index is -0.771. The molecular weight excluding hydrogens is 707 g/mol. The van der Waals surface area contributed by atoms with E-state index in [1.165, 1.54) is 0 Å². The third-order valence-corrected chi connectivity index (χ3v) is 10.8. The normalized spacial score (nSPS) is 16.2. The second-order valence-corrected chi connectivity index (χ2v) is 15.8. The molecule has 0 radical (unpaired) electrons. The van der Waals surface area contributed by atoms with E-state index in [0.29, 0.717) is 67.5 Å². The molecule has 1 atom stereocenters. The molecule has 2 saturated heterocycles. The van der Waals surface area contributed by atoms with E-state index in [-0.39, 0.29) is 17.9 Å². The third-order valence-electron chi connectivity index (χ3n) is 10.8. The molecule has 6 aromatic rings. The molecule has 12 heteroatoms. The number of carbonyl (C=O) groups is 2. The predicted octanol–water partition coefficient (Wildman–Crippen LogP) is 8.58. The van der Waals surface area contributed by atoms with Gasteiger partial charge >= 0.3 is 12.1 Å². The summed E-state index contributed by atoms with van der Waals surface area (Å²) in [6.45, 7) is 12.6. The number of benzene rings is 3. The van der Waals surface area contributed by atoms with Crippen LogP contribution < -0.4 is 5.32 Å². The van der Waals surface area contributed by atoms with Crippen molar-refractivity contribution in [1.29, 1.82) is 5.26 Å². The van der Waals surface area contributed by atoms with Gasteiger partial charge in [-0.25, -0.2) is 14.8 Å². The lowest BCUT2D eigenvalue weighted by Crippen LogP contribution is -2.50. The highest BCUT2D eigenvalue weighted by Gasteiger charge is 2.35. The number of nitriles is 1. The number of oxazole rings is 1. The number of carboxylic acids is 1. The summed E-state index contributed by atoms with van der Waals surface area (Å²) in [6, 6.07) is 22.3. The van der Waals surface area contributed by atoms with Gasteiger partial charge in [0.15, 0.2) is 11.4 Å². The number of amides is 1. The van der Waals surface area contributed by atoms with Crippen LogP contribution in [-0.2, 0) is 16.1 Å². The van der Waals surface area contributed by atoms with Crippen LogP contribution in [0.15, 0.2) is 77.5 Å². The van der Waals surface area contributed by atoms with Gasteiger partial charge in [0, 0.05) is 61.1 Å². The lowest BCUT2D eigenvalue weighted by atomic mass is 9.92. The highest BCUT2D eigenvalue weighted by molar-refractivity contribution is 5.91. The molecule has 2 aliphatic heterocycles. The monoisotopic (exact) mass is 749 g/mol. The lowest BCUT2D eigenvalue weighted by Gasteiger charge is -2.39. The Hall–Kier alpha value is -6.32. The molecular formula is C44H43N7O5. The van der Waals surface area contributed by atoms with Gasteiger partial charge in [0.25, 0.3) is 0 Å². The largest absolute Gasteiger partial charge is 0.481 e. The molecule has 0 aliphatic carbocycles. The average Bonchev–Trinajstić information content (AvgIpc) is 3.79. The number of carbonyl (C=O) groups excluding carboxylic acids is 1. The molecule has 2 N–H and O–H groups in total. The SMILES string of the molecule is Cc1c(Nc2nccc3cc(C4CN(C(=O)OC(C)(C)C)C4)cnc23)cccc1-c1cccc(-c2nc3cc(CN4CCC(C(=O)O)C4)cc(C#N)c3o2)c1C. The maximum absolute atomic E-state index is 12.5. The first kappa shape index (κ1) is 36.6. The van der Waals surface area contributed by atoms with Crippen LogP contribution in [0.25, 0.3) is 44.6 Å². The number of fused-ring (bicyclic) bond motifs is 2. The third kappa shape index (κ3) is 7.13. The number of likely N-dealkylation sites (tertiary alicyclic amines) is 2. The molecule has 3 aromatic heterocycles. The van der Waals surface area contributed by atoms with Gasteiger partial charge in [0.2, 0.25) is 5.89 Å². The fraction of sp³-hybridized carbons (Fsp3) is 0.318. The van der Waals surface area contributed by atoms with E-state index in [0.717, 1.165) is 55.5 Å². The number of rotatable bonds is 8. The molecule has 284 valence electrons.